The standard InChI is InChI=1S/C13H15F2N3O2S/c1-2-12-16-8-13(18-12)21(19,20)17-4-3-9-5-10(14)7-11(15)6-9/h5-8,17H,2-4H2,1H3,(H,16,18). The van der Waals surface area contributed by atoms with Gasteiger partial charge in [0, 0.05) is 19.0 Å². The van der Waals surface area contributed by atoms with Crippen molar-refractivity contribution in [2.45, 2.75) is 24.8 Å². The van der Waals surface area contributed by atoms with Crippen molar-refractivity contribution in [3.05, 3.63) is 47.4 Å². The normalized spacial score (nSPS) is 11.8. The van der Waals surface area contributed by atoms with Crippen LogP contribution in [0.15, 0.2) is 29.4 Å². The number of hydrogen-bond donors (Lipinski definition) is 2. The third kappa shape index (κ3) is 4.08. The van der Waals surface area contributed by atoms with Gasteiger partial charge in [-0.2, -0.15) is 0 Å². The van der Waals surface area contributed by atoms with Gasteiger partial charge in [0.15, 0.2) is 5.03 Å². The molecular weight excluding hydrogens is 300 g/mol. The van der Waals surface area contributed by atoms with Crippen molar-refractivity contribution < 1.29 is 17.2 Å². The Bertz CT molecular complexity index is 709. The second kappa shape index (κ2) is 6.31. The molecule has 0 fully saturated rings. The van der Waals surface area contributed by atoms with Gasteiger partial charge in [0.25, 0.3) is 10.0 Å². The molecule has 0 bridgehead atoms. The number of imidazole rings is 1. The van der Waals surface area contributed by atoms with E-state index >= 15 is 0 Å². The second-order valence-electron chi connectivity index (χ2n) is 4.47. The van der Waals surface area contributed by atoms with Crippen LogP contribution in [0, 0.1) is 11.6 Å². The minimum Gasteiger partial charge on any atom is -0.332 e. The van der Waals surface area contributed by atoms with Gasteiger partial charge in [-0.15, -0.1) is 0 Å². The molecule has 0 aliphatic carbocycles. The van der Waals surface area contributed by atoms with Crippen LogP contribution in [0.5, 0.6) is 0 Å². The third-order valence-electron chi connectivity index (χ3n) is 2.86. The molecule has 0 aliphatic heterocycles. The first-order valence-electron chi connectivity index (χ1n) is 6.39. The Morgan fingerprint density at radius 1 is 1.24 bits per heavy atom. The summed E-state index contributed by atoms with van der Waals surface area (Å²) < 4.78 is 52.3. The minimum absolute atomic E-state index is 0.0234. The van der Waals surface area contributed by atoms with E-state index in [0.29, 0.717) is 17.8 Å². The molecule has 2 rings (SSSR count). The number of hydrogen-bond acceptors (Lipinski definition) is 3. The van der Waals surface area contributed by atoms with Crippen LogP contribution in [0.1, 0.15) is 18.3 Å². The van der Waals surface area contributed by atoms with Gasteiger partial charge < -0.3 is 4.98 Å². The van der Waals surface area contributed by atoms with E-state index in [9.17, 15) is 17.2 Å². The Morgan fingerprint density at radius 3 is 2.48 bits per heavy atom. The van der Waals surface area contributed by atoms with Gasteiger partial charge in [-0.3, -0.25) is 0 Å². The zero-order valence-electron chi connectivity index (χ0n) is 11.4. The molecule has 1 aromatic carbocycles. The number of aromatic amines is 1. The van der Waals surface area contributed by atoms with Gasteiger partial charge in [-0.25, -0.2) is 26.9 Å². The molecule has 0 aliphatic rings. The molecule has 0 saturated carbocycles. The number of H-pyrrole nitrogens is 1. The Kier molecular flexibility index (Phi) is 4.69. The number of nitrogens with zero attached hydrogens (tertiary/aromatic N) is 1. The number of benzene rings is 1. The van der Waals surface area contributed by atoms with E-state index < -0.39 is 21.7 Å². The number of sulfonamides is 1. The van der Waals surface area contributed by atoms with E-state index in [-0.39, 0.29) is 18.0 Å². The average Bonchev–Trinajstić information content (AvgIpc) is 2.86. The molecule has 0 atom stereocenters. The maximum atomic E-state index is 13.0. The summed E-state index contributed by atoms with van der Waals surface area (Å²) in [7, 11) is -3.70. The van der Waals surface area contributed by atoms with Crippen molar-refractivity contribution in [2.24, 2.45) is 0 Å². The molecule has 0 unspecified atom stereocenters. The minimum atomic E-state index is -3.70. The highest BCUT2D eigenvalue weighted by atomic mass is 32.2. The molecule has 8 heteroatoms. The second-order valence-corrected chi connectivity index (χ2v) is 6.21. The van der Waals surface area contributed by atoms with Crippen LogP contribution in [-0.2, 0) is 22.9 Å². The van der Waals surface area contributed by atoms with Gasteiger partial charge in [-0.1, -0.05) is 6.92 Å². The monoisotopic (exact) mass is 315 g/mol. The Labute approximate surface area is 121 Å². The van der Waals surface area contributed by atoms with Gasteiger partial charge in [0.05, 0.1) is 6.20 Å². The zero-order valence-corrected chi connectivity index (χ0v) is 12.2. The van der Waals surface area contributed by atoms with Gasteiger partial charge in [-0.05, 0) is 24.1 Å². The van der Waals surface area contributed by atoms with E-state index in [4.69, 9.17) is 0 Å². The smallest absolute Gasteiger partial charge is 0.257 e. The Balaban J connectivity index is 1.98. The van der Waals surface area contributed by atoms with Crippen molar-refractivity contribution in [2.75, 3.05) is 6.54 Å². The lowest BCUT2D eigenvalue weighted by atomic mass is 10.1. The lowest BCUT2D eigenvalue weighted by Gasteiger charge is -2.05. The number of rotatable bonds is 6. The van der Waals surface area contributed by atoms with E-state index in [1.807, 2.05) is 6.92 Å². The first-order chi connectivity index (χ1) is 9.90. The summed E-state index contributed by atoms with van der Waals surface area (Å²) in [6, 6.07) is 3.11. The molecule has 2 aromatic rings. The molecule has 0 radical (unpaired) electrons. The Morgan fingerprint density at radius 2 is 1.90 bits per heavy atom. The Hall–Kier alpha value is -1.80. The highest BCUT2D eigenvalue weighted by Crippen LogP contribution is 2.09. The van der Waals surface area contributed by atoms with Crippen LogP contribution < -0.4 is 4.72 Å². The lowest BCUT2D eigenvalue weighted by Crippen LogP contribution is -2.26. The maximum absolute atomic E-state index is 13.0. The van der Waals surface area contributed by atoms with E-state index in [1.54, 1.807) is 0 Å². The van der Waals surface area contributed by atoms with Crippen LogP contribution in [0.2, 0.25) is 0 Å². The predicted octanol–water partition coefficient (Wildman–Crippen LogP) is 1.77. The fourth-order valence-corrected chi connectivity index (χ4v) is 2.79. The molecule has 2 N–H and O–H groups in total. The summed E-state index contributed by atoms with van der Waals surface area (Å²) in [5, 5.41) is -0.0234. The number of halogens is 2. The average molecular weight is 315 g/mol. The highest BCUT2D eigenvalue weighted by molar-refractivity contribution is 7.89. The molecule has 1 heterocycles. The summed E-state index contributed by atoms with van der Waals surface area (Å²) in [4.78, 5) is 6.60. The van der Waals surface area contributed by atoms with Crippen LogP contribution in [0.4, 0.5) is 8.78 Å². The number of aryl methyl sites for hydroxylation is 1. The molecule has 21 heavy (non-hydrogen) atoms. The van der Waals surface area contributed by atoms with Gasteiger partial charge in [0.1, 0.15) is 17.5 Å². The number of nitrogens with one attached hydrogen (secondary N) is 2. The van der Waals surface area contributed by atoms with Crippen molar-refractivity contribution in [1.82, 2.24) is 14.7 Å². The van der Waals surface area contributed by atoms with Gasteiger partial charge >= 0.3 is 0 Å². The lowest BCUT2D eigenvalue weighted by molar-refractivity contribution is 0.574. The van der Waals surface area contributed by atoms with Crippen molar-refractivity contribution in [1.29, 1.82) is 0 Å². The molecule has 5 nitrogen and oxygen atoms in total. The first kappa shape index (κ1) is 15.6. The summed E-state index contributed by atoms with van der Waals surface area (Å²) >= 11 is 0. The molecular formula is C13H15F2N3O2S. The highest BCUT2D eigenvalue weighted by Gasteiger charge is 2.16. The molecule has 114 valence electrons. The summed E-state index contributed by atoms with van der Waals surface area (Å²) in [5.74, 6) is -0.800. The fourth-order valence-electron chi connectivity index (χ4n) is 1.82. The van der Waals surface area contributed by atoms with E-state index in [0.717, 1.165) is 6.07 Å². The third-order valence-corrected chi connectivity index (χ3v) is 4.23. The maximum Gasteiger partial charge on any atom is 0.257 e. The first-order valence-corrected chi connectivity index (χ1v) is 7.87. The zero-order chi connectivity index (χ0) is 15.5. The molecule has 0 saturated heterocycles. The largest absolute Gasteiger partial charge is 0.332 e. The van der Waals surface area contributed by atoms with Gasteiger partial charge in [0.2, 0.25) is 0 Å². The fraction of sp³-hybridized carbons (Fsp3) is 0.308. The van der Waals surface area contributed by atoms with Crippen molar-refractivity contribution in [3.63, 3.8) is 0 Å². The molecule has 0 spiro atoms. The SMILES string of the molecule is CCc1ncc(S(=O)(=O)NCCc2cc(F)cc(F)c2)[nH]1. The van der Waals surface area contributed by atoms with Crippen LogP contribution in [0.3, 0.4) is 0 Å². The van der Waals surface area contributed by atoms with E-state index in [1.165, 1.54) is 18.3 Å². The summed E-state index contributed by atoms with van der Waals surface area (Å²) in [6.07, 6.45) is 2.02. The summed E-state index contributed by atoms with van der Waals surface area (Å²) in [5.41, 5.74) is 0.383. The molecule has 0 amide bonds. The van der Waals surface area contributed by atoms with Crippen molar-refractivity contribution in [3.8, 4) is 0 Å². The van der Waals surface area contributed by atoms with E-state index in [2.05, 4.69) is 14.7 Å². The van der Waals surface area contributed by atoms with Crippen LogP contribution in [0.25, 0.3) is 0 Å². The number of aromatic nitrogens is 2. The van der Waals surface area contributed by atoms with Crippen molar-refractivity contribution >= 4 is 10.0 Å². The topological polar surface area (TPSA) is 74.8 Å². The van der Waals surface area contributed by atoms with Crippen LogP contribution in [-0.4, -0.2) is 24.9 Å². The quantitative estimate of drug-likeness (QED) is 0.853. The molecule has 1 aromatic heterocycles. The summed E-state index contributed by atoms with van der Waals surface area (Å²) in [6.45, 7) is 1.88. The predicted molar refractivity (Wildman–Crippen MR) is 73.2 cm³/mol. The van der Waals surface area contributed by atoms with Crippen LogP contribution >= 0.6 is 0 Å².